The van der Waals surface area contributed by atoms with E-state index in [0.29, 0.717) is 5.02 Å². The number of nitrogens with one attached hydrogen (secondary N) is 2. The van der Waals surface area contributed by atoms with Gasteiger partial charge in [0.25, 0.3) is 0 Å². The molecular weight excluding hydrogens is 374 g/mol. The Morgan fingerprint density at radius 1 is 1.12 bits per heavy atom. The van der Waals surface area contributed by atoms with Crippen molar-refractivity contribution in [2.45, 2.75) is 23.6 Å². The topological polar surface area (TPSA) is 75.3 Å². The summed E-state index contributed by atoms with van der Waals surface area (Å²) in [5, 5.41) is 5.64. The number of amides is 2. The fourth-order valence-electron chi connectivity index (χ4n) is 2.05. The number of carbonyl (C=O) groups is 1. The largest absolute Gasteiger partial charge is 0.341 e. The summed E-state index contributed by atoms with van der Waals surface area (Å²) in [6.45, 7) is 1.75. The number of halogens is 3. The molecule has 0 radical (unpaired) electrons. The van der Waals surface area contributed by atoms with Crippen LogP contribution in [0.1, 0.15) is 18.5 Å². The number of urea groups is 1. The highest BCUT2D eigenvalue weighted by atomic mass is 35.5. The molecule has 0 aliphatic heterocycles. The molecule has 2 N–H and O–H groups in total. The summed E-state index contributed by atoms with van der Waals surface area (Å²) >= 11 is 5.80. The van der Waals surface area contributed by atoms with Crippen LogP contribution in [0.3, 0.4) is 0 Å². The maximum atomic E-state index is 12.6. The molecule has 0 heterocycles. The molecule has 0 saturated heterocycles. The van der Waals surface area contributed by atoms with E-state index in [9.17, 15) is 22.0 Å². The summed E-state index contributed by atoms with van der Waals surface area (Å²) in [7, 11) is -4.72. The summed E-state index contributed by atoms with van der Waals surface area (Å²) in [4.78, 5) is 11.4. The Kier molecular flexibility index (Phi) is 5.97. The van der Waals surface area contributed by atoms with Gasteiger partial charge in [-0.25, -0.2) is 13.2 Å². The minimum atomic E-state index is -4.72. The van der Waals surface area contributed by atoms with Crippen molar-refractivity contribution in [3.8, 4) is 0 Å². The zero-order valence-corrected chi connectivity index (χ0v) is 14.6. The summed E-state index contributed by atoms with van der Waals surface area (Å²) in [6.07, 6.45) is 0. The Morgan fingerprint density at radius 2 is 1.76 bits per heavy atom. The Morgan fingerprint density at radius 3 is 2.36 bits per heavy atom. The smallest absolute Gasteiger partial charge is 0.331 e. The Hall–Kier alpha value is -2.19. The molecule has 1 unspecified atom stereocenters. The van der Waals surface area contributed by atoms with Gasteiger partial charge in [0, 0.05) is 10.7 Å². The van der Waals surface area contributed by atoms with Gasteiger partial charge in [-0.1, -0.05) is 29.8 Å². The van der Waals surface area contributed by atoms with Crippen LogP contribution in [0.4, 0.5) is 19.3 Å². The summed E-state index contributed by atoms with van der Waals surface area (Å²) in [6, 6.07) is 10.6. The van der Waals surface area contributed by atoms with Gasteiger partial charge in [0.05, 0.1) is 10.9 Å². The standard InChI is InChI=1S/C16H15ClF2N2O3S/c1-10(11-5-7-12(17)8-6-11)20-16(22)21-13-3-2-4-14(9-13)25(23,24)15(18)19/h2-10,15H,1H3,(H2,20,21,22). The first-order chi connectivity index (χ1) is 11.7. The summed E-state index contributed by atoms with van der Waals surface area (Å²) in [5.74, 6) is -3.53. The van der Waals surface area contributed by atoms with E-state index in [1.807, 2.05) is 0 Å². The predicted octanol–water partition coefficient (Wildman–Crippen LogP) is 4.22. The molecule has 1 atom stereocenters. The van der Waals surface area contributed by atoms with E-state index in [4.69, 9.17) is 11.6 Å². The van der Waals surface area contributed by atoms with Crippen LogP contribution in [0.25, 0.3) is 0 Å². The van der Waals surface area contributed by atoms with Crippen LogP contribution >= 0.6 is 11.6 Å². The number of hydrogen-bond acceptors (Lipinski definition) is 3. The van der Waals surface area contributed by atoms with E-state index in [-0.39, 0.29) is 11.7 Å². The van der Waals surface area contributed by atoms with Crippen molar-refractivity contribution in [3.05, 3.63) is 59.1 Å². The van der Waals surface area contributed by atoms with Gasteiger partial charge in [-0.15, -0.1) is 0 Å². The third-order valence-corrected chi connectivity index (χ3v) is 5.00. The van der Waals surface area contributed by atoms with Crippen molar-refractivity contribution >= 4 is 33.2 Å². The molecule has 0 aromatic heterocycles. The minimum absolute atomic E-state index is 0.0857. The zero-order valence-electron chi connectivity index (χ0n) is 13.0. The second-order valence-corrected chi connectivity index (χ2v) is 7.56. The number of rotatable bonds is 5. The Labute approximate surface area is 148 Å². The van der Waals surface area contributed by atoms with Crippen LogP contribution in [-0.4, -0.2) is 20.2 Å². The first kappa shape index (κ1) is 19.1. The molecule has 0 aliphatic rings. The highest BCUT2D eigenvalue weighted by Gasteiger charge is 2.26. The second-order valence-electron chi connectivity index (χ2n) is 5.21. The van der Waals surface area contributed by atoms with Gasteiger partial charge in [0.15, 0.2) is 0 Å². The monoisotopic (exact) mass is 388 g/mol. The molecule has 2 amide bonds. The predicted molar refractivity (Wildman–Crippen MR) is 91.7 cm³/mol. The van der Waals surface area contributed by atoms with E-state index < -0.39 is 26.5 Å². The fourth-order valence-corrected chi connectivity index (χ4v) is 2.94. The molecule has 2 aromatic carbocycles. The van der Waals surface area contributed by atoms with Gasteiger partial charge in [0.1, 0.15) is 0 Å². The molecule has 2 rings (SSSR count). The first-order valence-corrected chi connectivity index (χ1v) is 9.07. The molecule has 25 heavy (non-hydrogen) atoms. The van der Waals surface area contributed by atoms with E-state index in [1.54, 1.807) is 31.2 Å². The number of sulfone groups is 1. The highest BCUT2D eigenvalue weighted by Crippen LogP contribution is 2.22. The maximum absolute atomic E-state index is 12.6. The number of hydrogen-bond donors (Lipinski definition) is 2. The third kappa shape index (κ3) is 4.90. The molecular formula is C16H15ClF2N2O3S. The normalized spacial score (nSPS) is 12.7. The van der Waals surface area contributed by atoms with Crippen molar-refractivity contribution in [1.82, 2.24) is 5.32 Å². The lowest BCUT2D eigenvalue weighted by Crippen LogP contribution is -2.31. The minimum Gasteiger partial charge on any atom is -0.331 e. The van der Waals surface area contributed by atoms with Crippen molar-refractivity contribution in [1.29, 1.82) is 0 Å². The molecule has 0 saturated carbocycles. The van der Waals surface area contributed by atoms with Crippen molar-refractivity contribution in [3.63, 3.8) is 0 Å². The van der Waals surface area contributed by atoms with Crippen molar-refractivity contribution < 1.29 is 22.0 Å². The summed E-state index contributed by atoms with van der Waals surface area (Å²) in [5.41, 5.74) is 0.899. The fraction of sp³-hybridized carbons (Fsp3) is 0.188. The van der Waals surface area contributed by atoms with Gasteiger partial charge >= 0.3 is 11.8 Å². The van der Waals surface area contributed by atoms with E-state index >= 15 is 0 Å². The lowest BCUT2D eigenvalue weighted by Gasteiger charge is -2.15. The molecule has 0 aliphatic carbocycles. The van der Waals surface area contributed by atoms with Crippen LogP contribution in [0.15, 0.2) is 53.4 Å². The van der Waals surface area contributed by atoms with Crippen molar-refractivity contribution in [2.24, 2.45) is 0 Å². The van der Waals surface area contributed by atoms with E-state index in [1.165, 1.54) is 12.1 Å². The number of alkyl halides is 2. The number of carbonyl (C=O) groups excluding carboxylic acids is 1. The lowest BCUT2D eigenvalue weighted by molar-refractivity contribution is 0.235. The van der Waals surface area contributed by atoms with Gasteiger partial charge in [-0.05, 0) is 42.8 Å². The molecule has 9 heteroatoms. The van der Waals surface area contributed by atoms with Crippen LogP contribution in [0, 0.1) is 0 Å². The molecule has 0 fully saturated rings. The average molecular weight is 389 g/mol. The molecule has 2 aromatic rings. The van der Waals surface area contributed by atoms with E-state index in [2.05, 4.69) is 10.6 Å². The van der Waals surface area contributed by atoms with Crippen LogP contribution < -0.4 is 10.6 Å². The maximum Gasteiger partial charge on any atom is 0.341 e. The van der Waals surface area contributed by atoms with Gasteiger partial charge < -0.3 is 10.6 Å². The van der Waals surface area contributed by atoms with Gasteiger partial charge in [-0.2, -0.15) is 8.78 Å². The zero-order chi connectivity index (χ0) is 18.6. The first-order valence-electron chi connectivity index (χ1n) is 7.15. The lowest BCUT2D eigenvalue weighted by atomic mass is 10.1. The molecule has 0 spiro atoms. The third-order valence-electron chi connectivity index (χ3n) is 3.37. The van der Waals surface area contributed by atoms with Gasteiger partial charge in [-0.3, -0.25) is 0 Å². The SMILES string of the molecule is CC(NC(=O)Nc1cccc(S(=O)(=O)C(F)F)c1)c1ccc(Cl)cc1. The number of anilines is 1. The Balaban J connectivity index is 2.07. The second kappa shape index (κ2) is 7.79. The number of benzene rings is 2. The molecule has 0 bridgehead atoms. The molecule has 134 valence electrons. The quantitative estimate of drug-likeness (QED) is 0.805. The molecule has 5 nitrogen and oxygen atoms in total. The summed E-state index contributed by atoms with van der Waals surface area (Å²) < 4.78 is 48.1. The average Bonchev–Trinajstić information content (AvgIpc) is 2.55. The van der Waals surface area contributed by atoms with Crippen molar-refractivity contribution in [2.75, 3.05) is 5.32 Å². The van der Waals surface area contributed by atoms with Gasteiger partial charge in [0.2, 0.25) is 9.84 Å². The van der Waals surface area contributed by atoms with Crippen LogP contribution in [0.2, 0.25) is 5.02 Å². The van der Waals surface area contributed by atoms with Crippen LogP contribution in [-0.2, 0) is 9.84 Å². The van der Waals surface area contributed by atoms with E-state index in [0.717, 1.165) is 17.7 Å². The Bertz CT molecular complexity index is 858. The van der Waals surface area contributed by atoms with Crippen LogP contribution in [0.5, 0.6) is 0 Å². The highest BCUT2D eigenvalue weighted by molar-refractivity contribution is 7.91.